The van der Waals surface area contributed by atoms with E-state index < -0.39 is 0 Å². The molecular weight excluding hydrogens is 227 g/mol. The fraction of sp³-hybridized carbons (Fsp3) is 0.714. The summed E-state index contributed by atoms with van der Waals surface area (Å²) in [5.41, 5.74) is 5.80. The molecule has 2 rings (SSSR count). The van der Waals surface area contributed by atoms with Gasteiger partial charge in [0.1, 0.15) is 5.82 Å². The molecule has 5 nitrogen and oxygen atoms in total. The fourth-order valence-electron chi connectivity index (χ4n) is 1.36. The molecule has 2 heterocycles. The van der Waals surface area contributed by atoms with Gasteiger partial charge >= 0.3 is 0 Å². The average Bonchev–Trinajstić information content (AvgIpc) is 2.58. The molecule has 82 valence electrons. The SMILES string of the molecule is Cc1nc([C@H]2COC[C@H]2N)n[nH]1.Cl.Cl. The van der Waals surface area contributed by atoms with Crippen LogP contribution in [-0.4, -0.2) is 34.4 Å². The van der Waals surface area contributed by atoms with Gasteiger partial charge in [-0.3, -0.25) is 5.10 Å². The molecule has 0 aliphatic carbocycles. The van der Waals surface area contributed by atoms with Crippen LogP contribution < -0.4 is 5.73 Å². The minimum Gasteiger partial charge on any atom is -0.379 e. The van der Waals surface area contributed by atoms with E-state index in [0.29, 0.717) is 13.2 Å². The quantitative estimate of drug-likeness (QED) is 0.746. The summed E-state index contributed by atoms with van der Waals surface area (Å²) < 4.78 is 5.21. The van der Waals surface area contributed by atoms with Crippen molar-refractivity contribution in [2.45, 2.75) is 18.9 Å². The molecule has 1 fully saturated rings. The molecular formula is C7H14Cl2N4O. The van der Waals surface area contributed by atoms with Crippen LogP contribution >= 0.6 is 24.8 Å². The first-order valence-corrected chi connectivity index (χ1v) is 3.99. The van der Waals surface area contributed by atoms with E-state index in [0.717, 1.165) is 11.6 Å². The summed E-state index contributed by atoms with van der Waals surface area (Å²) in [4.78, 5) is 4.22. The van der Waals surface area contributed by atoms with Gasteiger partial charge in [0, 0.05) is 6.04 Å². The van der Waals surface area contributed by atoms with Gasteiger partial charge in [-0.2, -0.15) is 5.10 Å². The van der Waals surface area contributed by atoms with Gasteiger partial charge in [-0.15, -0.1) is 24.8 Å². The van der Waals surface area contributed by atoms with Crippen LogP contribution in [0.3, 0.4) is 0 Å². The number of aromatic nitrogens is 3. The Morgan fingerprint density at radius 3 is 2.57 bits per heavy atom. The topological polar surface area (TPSA) is 76.8 Å². The van der Waals surface area contributed by atoms with Crippen molar-refractivity contribution >= 4 is 24.8 Å². The molecule has 1 saturated heterocycles. The molecule has 1 aliphatic rings. The first-order valence-electron chi connectivity index (χ1n) is 3.99. The Hall–Kier alpha value is -0.360. The van der Waals surface area contributed by atoms with E-state index in [1.807, 2.05) is 6.92 Å². The maximum Gasteiger partial charge on any atom is 0.157 e. The minimum absolute atomic E-state index is 0. The third kappa shape index (κ3) is 2.57. The van der Waals surface area contributed by atoms with Gasteiger partial charge in [0.15, 0.2) is 5.82 Å². The summed E-state index contributed by atoms with van der Waals surface area (Å²) >= 11 is 0. The molecule has 0 unspecified atom stereocenters. The molecule has 1 aliphatic heterocycles. The van der Waals surface area contributed by atoms with Crippen molar-refractivity contribution < 1.29 is 4.74 Å². The first kappa shape index (κ1) is 13.6. The van der Waals surface area contributed by atoms with Gasteiger partial charge in [0.05, 0.1) is 19.1 Å². The van der Waals surface area contributed by atoms with Crippen LogP contribution in [0.1, 0.15) is 17.6 Å². The Bertz CT molecular complexity index is 280. The second-order valence-electron chi connectivity index (χ2n) is 3.09. The van der Waals surface area contributed by atoms with Gasteiger partial charge < -0.3 is 10.5 Å². The van der Waals surface area contributed by atoms with Crippen molar-refractivity contribution in [2.24, 2.45) is 5.73 Å². The number of halogens is 2. The Kier molecular flexibility index (Phi) is 5.36. The van der Waals surface area contributed by atoms with Crippen LogP contribution in [0.15, 0.2) is 0 Å². The highest BCUT2D eigenvalue weighted by molar-refractivity contribution is 5.85. The van der Waals surface area contributed by atoms with Crippen LogP contribution in [0, 0.1) is 6.92 Å². The van der Waals surface area contributed by atoms with Gasteiger partial charge in [0.2, 0.25) is 0 Å². The van der Waals surface area contributed by atoms with E-state index in [2.05, 4.69) is 15.2 Å². The smallest absolute Gasteiger partial charge is 0.157 e. The molecule has 0 aromatic carbocycles. The van der Waals surface area contributed by atoms with E-state index >= 15 is 0 Å². The summed E-state index contributed by atoms with van der Waals surface area (Å²) in [6.45, 7) is 3.12. The second kappa shape index (κ2) is 5.50. The lowest BCUT2D eigenvalue weighted by Crippen LogP contribution is -2.27. The van der Waals surface area contributed by atoms with Gasteiger partial charge in [-0.25, -0.2) is 4.98 Å². The van der Waals surface area contributed by atoms with Crippen LogP contribution in [0.2, 0.25) is 0 Å². The number of hydrogen-bond donors (Lipinski definition) is 2. The molecule has 0 bridgehead atoms. The third-order valence-electron chi connectivity index (χ3n) is 2.07. The van der Waals surface area contributed by atoms with Crippen LogP contribution in [0.25, 0.3) is 0 Å². The van der Waals surface area contributed by atoms with Crippen molar-refractivity contribution in [3.05, 3.63) is 11.6 Å². The van der Waals surface area contributed by atoms with E-state index in [9.17, 15) is 0 Å². The molecule has 1 aromatic heterocycles. The zero-order chi connectivity index (χ0) is 8.55. The highest BCUT2D eigenvalue weighted by atomic mass is 35.5. The van der Waals surface area contributed by atoms with Gasteiger partial charge in [-0.1, -0.05) is 0 Å². The van der Waals surface area contributed by atoms with Crippen molar-refractivity contribution in [3.8, 4) is 0 Å². The Labute approximate surface area is 94.6 Å². The van der Waals surface area contributed by atoms with E-state index in [4.69, 9.17) is 10.5 Å². The molecule has 1 aromatic rings. The van der Waals surface area contributed by atoms with E-state index in [-0.39, 0.29) is 36.8 Å². The van der Waals surface area contributed by atoms with Crippen molar-refractivity contribution in [2.75, 3.05) is 13.2 Å². The van der Waals surface area contributed by atoms with Crippen molar-refractivity contribution in [1.29, 1.82) is 0 Å². The van der Waals surface area contributed by atoms with Gasteiger partial charge in [0.25, 0.3) is 0 Å². The highest BCUT2D eigenvalue weighted by Crippen LogP contribution is 2.20. The van der Waals surface area contributed by atoms with E-state index in [1.165, 1.54) is 0 Å². The first-order chi connectivity index (χ1) is 5.77. The average molecular weight is 241 g/mol. The number of aromatic amines is 1. The number of H-pyrrole nitrogens is 1. The number of hydrogen-bond acceptors (Lipinski definition) is 4. The second-order valence-corrected chi connectivity index (χ2v) is 3.09. The molecule has 0 spiro atoms. The molecule has 0 amide bonds. The molecule has 0 radical (unpaired) electrons. The van der Waals surface area contributed by atoms with Crippen molar-refractivity contribution in [3.63, 3.8) is 0 Å². The molecule has 14 heavy (non-hydrogen) atoms. The predicted octanol–water partition coefficient (Wildman–Crippen LogP) is 0.398. The zero-order valence-corrected chi connectivity index (χ0v) is 9.40. The number of aryl methyl sites for hydroxylation is 1. The fourth-order valence-corrected chi connectivity index (χ4v) is 1.36. The molecule has 0 saturated carbocycles. The Balaban J connectivity index is 0.000000845. The lowest BCUT2D eigenvalue weighted by molar-refractivity contribution is 0.190. The van der Waals surface area contributed by atoms with Gasteiger partial charge in [-0.05, 0) is 6.92 Å². The summed E-state index contributed by atoms with van der Waals surface area (Å²) in [5.74, 6) is 1.76. The number of nitrogens with zero attached hydrogens (tertiary/aromatic N) is 2. The summed E-state index contributed by atoms with van der Waals surface area (Å²) in [7, 11) is 0. The number of nitrogens with one attached hydrogen (secondary N) is 1. The molecule has 3 N–H and O–H groups in total. The molecule has 2 atom stereocenters. The number of rotatable bonds is 1. The van der Waals surface area contributed by atoms with Crippen LogP contribution in [0.4, 0.5) is 0 Å². The zero-order valence-electron chi connectivity index (χ0n) is 7.77. The predicted molar refractivity (Wildman–Crippen MR) is 57.2 cm³/mol. The lowest BCUT2D eigenvalue weighted by atomic mass is 10.0. The number of nitrogens with two attached hydrogens (primary N) is 1. The molecule has 7 heteroatoms. The third-order valence-corrected chi connectivity index (χ3v) is 2.07. The number of ether oxygens (including phenoxy) is 1. The normalized spacial score (nSPS) is 25.3. The lowest BCUT2D eigenvalue weighted by Gasteiger charge is -2.07. The Morgan fingerprint density at radius 2 is 2.14 bits per heavy atom. The minimum atomic E-state index is 0. The van der Waals surface area contributed by atoms with E-state index in [1.54, 1.807) is 0 Å². The van der Waals surface area contributed by atoms with Crippen LogP contribution in [0.5, 0.6) is 0 Å². The summed E-state index contributed by atoms with van der Waals surface area (Å²) in [6, 6.07) is 0.0419. The summed E-state index contributed by atoms with van der Waals surface area (Å²) in [6.07, 6.45) is 0. The maximum atomic E-state index is 5.80. The van der Waals surface area contributed by atoms with Crippen molar-refractivity contribution in [1.82, 2.24) is 15.2 Å². The van der Waals surface area contributed by atoms with Crippen LogP contribution in [-0.2, 0) is 4.74 Å². The summed E-state index contributed by atoms with van der Waals surface area (Å²) in [5, 5.41) is 6.85. The maximum absolute atomic E-state index is 5.80. The Morgan fingerprint density at radius 1 is 1.43 bits per heavy atom. The standard InChI is InChI=1S/C7H12N4O.2ClH/c1-4-9-7(11-10-4)5-2-12-3-6(5)8;;/h5-6H,2-3,8H2,1H3,(H,9,10,11);2*1H/t5-,6+;;/m0../s1. The highest BCUT2D eigenvalue weighted by Gasteiger charge is 2.29. The largest absolute Gasteiger partial charge is 0.379 e. The monoisotopic (exact) mass is 240 g/mol.